The van der Waals surface area contributed by atoms with Crippen molar-refractivity contribution in [1.29, 1.82) is 0 Å². The lowest BCUT2D eigenvalue weighted by Crippen LogP contribution is -2.19. The summed E-state index contributed by atoms with van der Waals surface area (Å²) in [5, 5.41) is 1.70. The molecule has 0 saturated heterocycles. The van der Waals surface area contributed by atoms with Crippen LogP contribution < -0.4 is 0 Å². The van der Waals surface area contributed by atoms with E-state index in [1.165, 1.54) is 13.0 Å². The van der Waals surface area contributed by atoms with Gasteiger partial charge in [-0.15, -0.1) is 0 Å². The van der Waals surface area contributed by atoms with Gasteiger partial charge >= 0.3 is 7.47 Å². The molecule has 9 heteroatoms. The Balaban J connectivity index is 2.08. The molecule has 0 heterocycles. The summed E-state index contributed by atoms with van der Waals surface area (Å²) in [4.78, 5) is 12.4. The zero-order valence-electron chi connectivity index (χ0n) is 16.1. The Bertz CT molecular complexity index is 1110. The van der Waals surface area contributed by atoms with E-state index in [4.69, 9.17) is 51.1 Å². The molecule has 0 amide bonds. The van der Waals surface area contributed by atoms with Gasteiger partial charge in [-0.2, -0.15) is 0 Å². The number of rotatable bonds is 6. The van der Waals surface area contributed by atoms with Crippen LogP contribution >= 0.6 is 46.4 Å². The summed E-state index contributed by atoms with van der Waals surface area (Å²) in [6.45, 7) is 1.31. The van der Waals surface area contributed by atoms with Crippen LogP contribution in [0.5, 0.6) is 0 Å². The lowest BCUT2D eigenvalue weighted by Gasteiger charge is -2.27. The zero-order chi connectivity index (χ0) is 22.7. The third-order valence-electron chi connectivity index (χ3n) is 4.74. The maximum Gasteiger partial charge on any atom is 0.796 e. The van der Waals surface area contributed by atoms with E-state index in [1.807, 2.05) is 0 Å². The number of carbonyl (C=O) groups is 1. The van der Waals surface area contributed by atoms with Gasteiger partial charge in [0.15, 0.2) is 5.78 Å². The van der Waals surface area contributed by atoms with Crippen molar-refractivity contribution in [3.63, 3.8) is 0 Å². The van der Waals surface area contributed by atoms with E-state index in [-0.39, 0.29) is 17.1 Å². The van der Waals surface area contributed by atoms with Crippen molar-refractivity contribution in [3.05, 3.63) is 96.7 Å². The molecule has 1 unspecified atom stereocenters. The van der Waals surface area contributed by atoms with Crippen LogP contribution in [0.4, 0.5) is 8.63 Å². The summed E-state index contributed by atoms with van der Waals surface area (Å²) in [5.41, 5.74) is 2.08. The monoisotopic (exact) mass is 500 g/mol. The molecule has 160 valence electrons. The van der Waals surface area contributed by atoms with Crippen LogP contribution in [0.3, 0.4) is 0 Å². The van der Waals surface area contributed by atoms with Gasteiger partial charge in [-0.3, -0.25) is 4.79 Å². The first-order chi connectivity index (χ1) is 14.7. The Hall–Kier alpha value is -1.79. The molecule has 1 atom stereocenters. The maximum absolute atomic E-state index is 13.1. The molecule has 0 fully saturated rings. The minimum absolute atomic E-state index is 0.131. The highest BCUT2D eigenvalue weighted by Crippen LogP contribution is 2.42. The minimum atomic E-state index is -3.09. The van der Waals surface area contributed by atoms with E-state index in [0.29, 0.717) is 43.2 Å². The summed E-state index contributed by atoms with van der Waals surface area (Å²) in [7, 11) is -3.09. The fraction of sp³-hybridized carbons (Fsp3) is 0.136. The van der Waals surface area contributed by atoms with Crippen molar-refractivity contribution in [2.24, 2.45) is 0 Å². The average Bonchev–Trinajstić information content (AvgIpc) is 2.66. The largest absolute Gasteiger partial charge is 0.796 e. The average molecular weight is 502 g/mol. The van der Waals surface area contributed by atoms with Gasteiger partial charge in [-0.05, 0) is 60.4 Å². The molecule has 2 aromatic rings. The molecule has 1 aliphatic carbocycles. The van der Waals surface area contributed by atoms with Gasteiger partial charge in [-0.1, -0.05) is 70.7 Å². The van der Waals surface area contributed by atoms with E-state index < -0.39 is 13.4 Å². The molecular formula is C22H15BCl4F2O2. The second-order valence-corrected chi connectivity index (χ2v) is 8.54. The second-order valence-electron chi connectivity index (χ2n) is 6.85. The molecule has 0 saturated carbocycles. The molecule has 0 radical (unpaired) electrons. The van der Waals surface area contributed by atoms with Gasteiger partial charge in [0.2, 0.25) is 0 Å². The third kappa shape index (κ3) is 5.92. The van der Waals surface area contributed by atoms with Gasteiger partial charge < -0.3 is 4.65 Å². The summed E-state index contributed by atoms with van der Waals surface area (Å²) < 4.78 is 30.9. The molecule has 0 N–H and O–H groups in total. The lowest BCUT2D eigenvalue weighted by molar-refractivity contribution is -0.114. The number of carbonyl (C=O) groups excluding carboxylic acids is 1. The van der Waals surface area contributed by atoms with Gasteiger partial charge in [0.25, 0.3) is 0 Å². The highest BCUT2D eigenvalue weighted by atomic mass is 35.5. The van der Waals surface area contributed by atoms with Crippen LogP contribution in [0.25, 0.3) is 6.08 Å². The van der Waals surface area contributed by atoms with E-state index in [2.05, 4.69) is 0 Å². The standard InChI is InChI=1S/C22H15BCl4F2O2/c1-12(30)22-18(17-7-6-16(25)11-20(17)27)8-13(9-21(22)31-23(28)29)2-3-14-4-5-15(24)10-19(14)26/h2-7,9-11,18H,8H2,1H3. The molecular weight excluding hydrogens is 487 g/mol. The summed E-state index contributed by atoms with van der Waals surface area (Å²) in [6.07, 6.45) is 5.25. The minimum Gasteiger partial charge on any atom is -0.505 e. The van der Waals surface area contributed by atoms with Crippen molar-refractivity contribution < 1.29 is 18.1 Å². The van der Waals surface area contributed by atoms with Crippen molar-refractivity contribution in [1.82, 2.24) is 0 Å². The van der Waals surface area contributed by atoms with Crippen LogP contribution in [0.15, 0.2) is 65.5 Å². The summed E-state index contributed by atoms with van der Waals surface area (Å²) in [6, 6.07) is 9.90. The molecule has 2 nitrogen and oxygen atoms in total. The number of ketones is 1. The van der Waals surface area contributed by atoms with E-state index in [1.54, 1.807) is 48.6 Å². The van der Waals surface area contributed by atoms with Crippen LogP contribution in [0.1, 0.15) is 30.4 Å². The van der Waals surface area contributed by atoms with Gasteiger partial charge in [0.1, 0.15) is 5.76 Å². The number of benzene rings is 2. The Morgan fingerprint density at radius 3 is 2.26 bits per heavy atom. The predicted molar refractivity (Wildman–Crippen MR) is 124 cm³/mol. The Labute approximate surface area is 199 Å². The van der Waals surface area contributed by atoms with Crippen LogP contribution in [0, 0.1) is 0 Å². The molecule has 1 aliphatic rings. The number of hydrogen-bond donors (Lipinski definition) is 0. The predicted octanol–water partition coefficient (Wildman–Crippen LogP) is 8.21. The van der Waals surface area contributed by atoms with Crippen molar-refractivity contribution >= 4 is 65.7 Å². The topological polar surface area (TPSA) is 26.3 Å². The van der Waals surface area contributed by atoms with Crippen molar-refractivity contribution in [2.75, 3.05) is 0 Å². The van der Waals surface area contributed by atoms with Gasteiger partial charge in [0, 0.05) is 31.6 Å². The van der Waals surface area contributed by atoms with E-state index >= 15 is 0 Å². The quantitative estimate of drug-likeness (QED) is 0.373. The molecule has 2 aromatic carbocycles. The molecule has 3 rings (SSSR count). The molecule has 31 heavy (non-hydrogen) atoms. The highest BCUT2D eigenvalue weighted by molar-refractivity contribution is 6.36. The van der Waals surface area contributed by atoms with Crippen molar-refractivity contribution in [3.8, 4) is 0 Å². The SMILES string of the molecule is CC(=O)C1=C(OB(F)F)C=C(C=Cc2ccc(Cl)cc2Cl)CC1c1ccc(Cl)cc1Cl. The molecule has 0 aliphatic heterocycles. The first-order valence-electron chi connectivity index (χ1n) is 9.14. The fourth-order valence-electron chi connectivity index (χ4n) is 3.43. The summed E-state index contributed by atoms with van der Waals surface area (Å²) >= 11 is 24.5. The molecule has 0 bridgehead atoms. The first kappa shape index (κ1) is 23.9. The van der Waals surface area contributed by atoms with Gasteiger partial charge in [0.05, 0.1) is 0 Å². The highest BCUT2D eigenvalue weighted by Gasteiger charge is 2.32. The van der Waals surface area contributed by atoms with Crippen LogP contribution in [-0.2, 0) is 9.45 Å². The van der Waals surface area contributed by atoms with Gasteiger partial charge in [-0.25, -0.2) is 8.63 Å². The van der Waals surface area contributed by atoms with E-state index in [9.17, 15) is 13.4 Å². The Kier molecular flexibility index (Phi) is 7.87. The third-order valence-corrected chi connectivity index (χ3v) is 5.87. The molecule has 0 aromatic heterocycles. The maximum atomic E-state index is 13.1. The Morgan fingerprint density at radius 1 is 1.03 bits per heavy atom. The number of hydrogen-bond acceptors (Lipinski definition) is 2. The number of allylic oxidation sites excluding steroid dienone is 4. The smallest absolute Gasteiger partial charge is 0.505 e. The summed E-state index contributed by atoms with van der Waals surface area (Å²) in [5.74, 6) is -1.15. The fourth-order valence-corrected chi connectivity index (χ4v) is 4.44. The molecule has 0 spiro atoms. The van der Waals surface area contributed by atoms with E-state index in [0.717, 1.165) is 0 Å². The van der Waals surface area contributed by atoms with Crippen LogP contribution in [-0.4, -0.2) is 13.3 Å². The zero-order valence-corrected chi connectivity index (χ0v) is 19.2. The second kappa shape index (κ2) is 10.2. The first-order valence-corrected chi connectivity index (χ1v) is 10.7. The number of halogens is 6. The van der Waals surface area contributed by atoms with Crippen molar-refractivity contribution in [2.45, 2.75) is 19.3 Å². The Morgan fingerprint density at radius 2 is 1.68 bits per heavy atom. The van der Waals surface area contributed by atoms with Crippen LogP contribution in [0.2, 0.25) is 20.1 Å². The number of Topliss-reactive ketones (excluding diaryl/α,β-unsaturated/α-hetero) is 1. The normalized spacial score (nSPS) is 16.5. The lowest BCUT2D eigenvalue weighted by atomic mass is 9.79.